The van der Waals surface area contributed by atoms with Crippen LogP contribution in [0.1, 0.15) is 24.8 Å². The number of aromatic hydroxyl groups is 1. The van der Waals surface area contributed by atoms with Crippen LogP contribution < -0.4 is 0 Å². The van der Waals surface area contributed by atoms with Crippen LogP contribution in [0.15, 0.2) is 49.6 Å². The van der Waals surface area contributed by atoms with Crippen LogP contribution in [0.2, 0.25) is 0 Å². The number of phenols is 1. The zero-order valence-electron chi connectivity index (χ0n) is 9.93. The topological polar surface area (TPSA) is 37.3 Å². The molecule has 2 heteroatoms. The second-order valence-corrected chi connectivity index (χ2v) is 4.18. The van der Waals surface area contributed by atoms with Gasteiger partial charge in [-0.2, -0.15) is 0 Å². The van der Waals surface area contributed by atoms with Gasteiger partial charge in [-0.1, -0.05) is 24.3 Å². The fraction of sp³-hybridized carbons (Fsp3) is 0.267. The lowest BCUT2D eigenvalue weighted by atomic mass is 9.73. The third kappa shape index (κ3) is 3.06. The predicted octanol–water partition coefficient (Wildman–Crippen LogP) is 3.37. The first-order valence-electron chi connectivity index (χ1n) is 5.63. The maximum Gasteiger partial charge on any atom is 0.120 e. The minimum Gasteiger partial charge on any atom is -0.508 e. The third-order valence-corrected chi connectivity index (χ3v) is 3.02. The molecule has 0 saturated heterocycles. The van der Waals surface area contributed by atoms with E-state index in [0.29, 0.717) is 19.3 Å². The fourth-order valence-corrected chi connectivity index (χ4v) is 2.13. The van der Waals surface area contributed by atoms with Crippen molar-refractivity contribution in [3.05, 3.63) is 55.1 Å². The number of allylic oxidation sites excluding steroid dienone is 2. The third-order valence-electron chi connectivity index (χ3n) is 3.02. The summed E-state index contributed by atoms with van der Waals surface area (Å²) in [6, 6.07) is 6.99. The maximum absolute atomic E-state index is 10.9. The molecule has 0 fully saturated rings. The van der Waals surface area contributed by atoms with Gasteiger partial charge in [-0.15, -0.1) is 13.2 Å². The molecule has 1 aromatic carbocycles. The smallest absolute Gasteiger partial charge is 0.120 e. The molecule has 0 aliphatic heterocycles. The highest BCUT2D eigenvalue weighted by Gasteiger charge is 2.29. The minimum absolute atomic E-state index is 0.228. The zero-order chi connectivity index (χ0) is 12.7. The van der Waals surface area contributed by atoms with Crippen molar-refractivity contribution in [1.29, 1.82) is 0 Å². The molecular weight excluding hydrogens is 212 g/mol. The number of rotatable bonds is 7. The van der Waals surface area contributed by atoms with E-state index in [9.17, 15) is 9.90 Å². The Morgan fingerprint density at radius 2 is 1.59 bits per heavy atom. The number of benzene rings is 1. The van der Waals surface area contributed by atoms with Gasteiger partial charge in [0.05, 0.1) is 0 Å². The van der Waals surface area contributed by atoms with E-state index in [4.69, 9.17) is 0 Å². The van der Waals surface area contributed by atoms with Crippen LogP contribution in [0.25, 0.3) is 0 Å². The van der Waals surface area contributed by atoms with Crippen LogP contribution in [0.4, 0.5) is 0 Å². The van der Waals surface area contributed by atoms with Crippen LogP contribution in [-0.2, 0) is 10.2 Å². The summed E-state index contributed by atoms with van der Waals surface area (Å²) in [7, 11) is 0. The van der Waals surface area contributed by atoms with Crippen molar-refractivity contribution in [1.82, 2.24) is 0 Å². The molecule has 0 radical (unpaired) electrons. The Bertz CT molecular complexity index is 363. The van der Waals surface area contributed by atoms with E-state index in [1.54, 1.807) is 12.1 Å². The van der Waals surface area contributed by atoms with Gasteiger partial charge in [-0.25, -0.2) is 0 Å². The average Bonchev–Trinajstić information content (AvgIpc) is 2.30. The molecule has 2 nitrogen and oxygen atoms in total. The van der Waals surface area contributed by atoms with Gasteiger partial charge in [0.2, 0.25) is 0 Å². The Morgan fingerprint density at radius 1 is 1.06 bits per heavy atom. The molecule has 0 aliphatic rings. The fourth-order valence-electron chi connectivity index (χ4n) is 2.13. The van der Waals surface area contributed by atoms with Crippen molar-refractivity contribution in [2.24, 2.45) is 0 Å². The normalized spacial score (nSPS) is 10.8. The van der Waals surface area contributed by atoms with Crippen molar-refractivity contribution in [3.8, 4) is 5.75 Å². The van der Waals surface area contributed by atoms with Crippen molar-refractivity contribution in [2.45, 2.75) is 24.7 Å². The lowest BCUT2D eigenvalue weighted by molar-refractivity contribution is -0.108. The van der Waals surface area contributed by atoms with Crippen molar-refractivity contribution in [3.63, 3.8) is 0 Å². The lowest BCUT2D eigenvalue weighted by Gasteiger charge is -2.30. The van der Waals surface area contributed by atoms with Gasteiger partial charge in [0, 0.05) is 11.8 Å². The maximum atomic E-state index is 10.9. The first kappa shape index (κ1) is 13.2. The van der Waals surface area contributed by atoms with Crippen molar-refractivity contribution >= 4 is 6.29 Å². The molecule has 0 unspecified atom stereocenters. The molecule has 1 aromatic rings. The van der Waals surface area contributed by atoms with E-state index in [1.165, 1.54) is 0 Å². The van der Waals surface area contributed by atoms with Crippen molar-refractivity contribution < 1.29 is 9.90 Å². The number of carbonyl (C=O) groups excluding carboxylic acids is 1. The van der Waals surface area contributed by atoms with Gasteiger partial charge in [-0.05, 0) is 30.5 Å². The Balaban J connectivity index is 3.17. The van der Waals surface area contributed by atoms with E-state index in [2.05, 4.69) is 13.2 Å². The van der Waals surface area contributed by atoms with Crippen LogP contribution in [0.5, 0.6) is 5.75 Å². The summed E-state index contributed by atoms with van der Waals surface area (Å²) in [4.78, 5) is 10.9. The Hall–Kier alpha value is -1.83. The van der Waals surface area contributed by atoms with Crippen LogP contribution in [0.3, 0.4) is 0 Å². The van der Waals surface area contributed by atoms with Crippen LogP contribution >= 0.6 is 0 Å². The number of hydrogen-bond acceptors (Lipinski definition) is 2. The molecule has 1 rings (SSSR count). The number of carbonyl (C=O) groups is 1. The van der Waals surface area contributed by atoms with E-state index in [1.807, 2.05) is 24.3 Å². The monoisotopic (exact) mass is 230 g/mol. The first-order valence-corrected chi connectivity index (χ1v) is 5.63. The standard InChI is InChI=1S/C15H18O2/c1-3-9-15(10-4-2,11-12-16)13-5-7-14(17)8-6-13/h3-8,12,17H,1-2,9-11H2. The Morgan fingerprint density at radius 3 is 2.00 bits per heavy atom. The molecule has 0 aliphatic carbocycles. The zero-order valence-corrected chi connectivity index (χ0v) is 9.93. The summed E-state index contributed by atoms with van der Waals surface area (Å²) < 4.78 is 0. The Kier molecular flexibility index (Phi) is 4.70. The quantitative estimate of drug-likeness (QED) is 0.576. The summed E-state index contributed by atoms with van der Waals surface area (Å²) >= 11 is 0. The van der Waals surface area contributed by atoms with Gasteiger partial charge in [0.1, 0.15) is 12.0 Å². The first-order chi connectivity index (χ1) is 8.18. The highest BCUT2D eigenvalue weighted by atomic mass is 16.3. The summed E-state index contributed by atoms with van der Waals surface area (Å²) in [5.41, 5.74) is 0.751. The van der Waals surface area contributed by atoms with Crippen molar-refractivity contribution in [2.75, 3.05) is 0 Å². The average molecular weight is 230 g/mol. The molecule has 0 amide bonds. The van der Waals surface area contributed by atoms with E-state index in [-0.39, 0.29) is 11.2 Å². The number of phenolic OH excluding ortho intramolecular Hbond substituents is 1. The minimum atomic E-state index is -0.279. The molecule has 0 bridgehead atoms. The predicted molar refractivity (Wildman–Crippen MR) is 70.1 cm³/mol. The summed E-state index contributed by atoms with van der Waals surface area (Å²) in [6.07, 6.45) is 6.42. The van der Waals surface area contributed by atoms with E-state index >= 15 is 0 Å². The van der Waals surface area contributed by atoms with Gasteiger partial charge >= 0.3 is 0 Å². The molecule has 0 spiro atoms. The largest absolute Gasteiger partial charge is 0.508 e. The Labute approximate surface area is 102 Å². The van der Waals surface area contributed by atoms with Crippen LogP contribution in [-0.4, -0.2) is 11.4 Å². The van der Waals surface area contributed by atoms with Crippen LogP contribution in [0, 0.1) is 0 Å². The number of hydrogen-bond donors (Lipinski definition) is 1. The van der Waals surface area contributed by atoms with E-state index < -0.39 is 0 Å². The second kappa shape index (κ2) is 6.04. The molecule has 0 aromatic heterocycles. The molecule has 0 saturated carbocycles. The molecular formula is C15H18O2. The van der Waals surface area contributed by atoms with Gasteiger partial charge in [0.15, 0.2) is 0 Å². The van der Waals surface area contributed by atoms with E-state index in [0.717, 1.165) is 11.8 Å². The molecule has 1 N–H and O–H groups in total. The highest BCUT2D eigenvalue weighted by Crippen LogP contribution is 2.36. The summed E-state index contributed by atoms with van der Waals surface area (Å²) in [6.45, 7) is 7.51. The van der Waals surface area contributed by atoms with Gasteiger partial charge in [-0.3, -0.25) is 0 Å². The molecule has 0 atom stereocenters. The number of aldehydes is 1. The summed E-state index contributed by atoms with van der Waals surface area (Å²) in [5, 5.41) is 9.30. The SMILES string of the molecule is C=CCC(CC=C)(CC=O)c1ccc(O)cc1. The second-order valence-electron chi connectivity index (χ2n) is 4.18. The lowest BCUT2D eigenvalue weighted by Crippen LogP contribution is -2.25. The summed E-state index contributed by atoms with van der Waals surface area (Å²) in [5.74, 6) is 0.228. The van der Waals surface area contributed by atoms with Gasteiger partial charge < -0.3 is 9.90 Å². The molecule has 0 heterocycles. The van der Waals surface area contributed by atoms with Gasteiger partial charge in [0.25, 0.3) is 0 Å². The molecule has 17 heavy (non-hydrogen) atoms. The molecule has 90 valence electrons. The highest BCUT2D eigenvalue weighted by molar-refractivity contribution is 5.54.